The van der Waals surface area contributed by atoms with Crippen LogP contribution in [-0.4, -0.2) is 39.4 Å². The van der Waals surface area contributed by atoms with Gasteiger partial charge in [-0.25, -0.2) is 0 Å². The standard InChI is InChI=1S/C24H26N4O4S/c1-6-12-32-21-11-9-19(14-22(21)31-7-2)23(15-27(29)30)33-24-26-25-18(5)28(24)20-10-8-16(3)17(4)13-20/h1,8-11,13-14,23H,7,12,15H2,2-5H3/t23-/m1/s1. The number of benzene rings is 2. The predicted molar refractivity (Wildman–Crippen MR) is 128 cm³/mol. The van der Waals surface area contributed by atoms with Crippen molar-refractivity contribution in [3.63, 3.8) is 0 Å². The van der Waals surface area contributed by atoms with Crippen molar-refractivity contribution in [3.05, 3.63) is 69.0 Å². The van der Waals surface area contributed by atoms with Gasteiger partial charge in [0.25, 0.3) is 0 Å². The summed E-state index contributed by atoms with van der Waals surface area (Å²) in [5, 5.41) is 20.1. The molecule has 0 aliphatic heterocycles. The van der Waals surface area contributed by atoms with Crippen LogP contribution < -0.4 is 9.47 Å². The summed E-state index contributed by atoms with van der Waals surface area (Å²) in [4.78, 5) is 11.2. The second-order valence-electron chi connectivity index (χ2n) is 7.39. The molecule has 1 heterocycles. The second kappa shape index (κ2) is 10.9. The smallest absolute Gasteiger partial charge is 0.220 e. The molecule has 0 radical (unpaired) electrons. The number of aromatic nitrogens is 3. The minimum atomic E-state index is -0.519. The van der Waals surface area contributed by atoms with Crippen molar-refractivity contribution in [3.8, 4) is 29.5 Å². The lowest BCUT2D eigenvalue weighted by Crippen LogP contribution is -2.12. The van der Waals surface area contributed by atoms with Crippen LogP contribution in [0.15, 0.2) is 41.6 Å². The minimum Gasteiger partial charge on any atom is -0.490 e. The number of aryl methyl sites for hydroxylation is 3. The summed E-state index contributed by atoms with van der Waals surface area (Å²) in [6.07, 6.45) is 5.29. The van der Waals surface area contributed by atoms with E-state index >= 15 is 0 Å². The highest BCUT2D eigenvalue weighted by atomic mass is 32.2. The molecule has 1 aromatic heterocycles. The van der Waals surface area contributed by atoms with Crippen LogP contribution in [0.3, 0.4) is 0 Å². The lowest BCUT2D eigenvalue weighted by Gasteiger charge is -2.17. The Balaban J connectivity index is 1.99. The molecule has 0 unspecified atom stereocenters. The molecule has 0 N–H and O–H groups in total. The molecule has 0 amide bonds. The van der Waals surface area contributed by atoms with Gasteiger partial charge in [0.15, 0.2) is 16.7 Å². The van der Waals surface area contributed by atoms with Gasteiger partial charge in [-0.15, -0.1) is 16.6 Å². The summed E-state index contributed by atoms with van der Waals surface area (Å²) >= 11 is 1.29. The lowest BCUT2D eigenvalue weighted by atomic mass is 10.1. The number of thioether (sulfide) groups is 1. The van der Waals surface area contributed by atoms with Gasteiger partial charge in [0.05, 0.1) is 6.61 Å². The lowest BCUT2D eigenvalue weighted by molar-refractivity contribution is -0.479. The maximum Gasteiger partial charge on any atom is 0.220 e. The second-order valence-corrected chi connectivity index (χ2v) is 8.56. The molecule has 1 atom stereocenters. The Labute approximate surface area is 197 Å². The molecule has 0 saturated carbocycles. The van der Waals surface area contributed by atoms with Crippen molar-refractivity contribution in [2.45, 2.75) is 38.1 Å². The monoisotopic (exact) mass is 466 g/mol. The fourth-order valence-corrected chi connectivity index (χ4v) is 4.45. The fourth-order valence-electron chi connectivity index (χ4n) is 3.29. The first-order valence-corrected chi connectivity index (χ1v) is 11.3. The topological polar surface area (TPSA) is 92.3 Å². The van der Waals surface area contributed by atoms with E-state index in [0.717, 1.165) is 16.8 Å². The summed E-state index contributed by atoms with van der Waals surface area (Å²) in [6.45, 7) is 8.04. The van der Waals surface area contributed by atoms with Gasteiger partial charge in [0.1, 0.15) is 17.7 Å². The zero-order valence-corrected chi connectivity index (χ0v) is 19.9. The van der Waals surface area contributed by atoms with Gasteiger partial charge in [-0.3, -0.25) is 14.7 Å². The summed E-state index contributed by atoms with van der Waals surface area (Å²) in [6, 6.07) is 11.4. The maximum atomic E-state index is 11.5. The first kappa shape index (κ1) is 24.1. The molecule has 33 heavy (non-hydrogen) atoms. The number of rotatable bonds is 10. The number of hydrogen-bond acceptors (Lipinski definition) is 7. The van der Waals surface area contributed by atoms with E-state index in [-0.39, 0.29) is 18.1 Å². The van der Waals surface area contributed by atoms with Crippen LogP contribution >= 0.6 is 11.8 Å². The Hall–Kier alpha value is -3.51. The van der Waals surface area contributed by atoms with Crippen LogP contribution in [0.5, 0.6) is 11.5 Å². The van der Waals surface area contributed by atoms with Gasteiger partial charge in [0, 0.05) is 10.6 Å². The molecule has 9 heteroatoms. The first-order chi connectivity index (χ1) is 15.8. The zero-order chi connectivity index (χ0) is 24.0. The Morgan fingerprint density at radius 2 is 1.91 bits per heavy atom. The van der Waals surface area contributed by atoms with Crippen molar-refractivity contribution < 1.29 is 14.4 Å². The zero-order valence-electron chi connectivity index (χ0n) is 19.1. The van der Waals surface area contributed by atoms with E-state index in [0.29, 0.717) is 29.1 Å². The van der Waals surface area contributed by atoms with Crippen LogP contribution in [0.2, 0.25) is 0 Å². The molecule has 3 aromatic rings. The van der Waals surface area contributed by atoms with Crippen molar-refractivity contribution in [1.29, 1.82) is 0 Å². The molecule has 0 fully saturated rings. The molecular formula is C24H26N4O4S. The van der Waals surface area contributed by atoms with Crippen molar-refractivity contribution in [2.24, 2.45) is 0 Å². The third-order valence-corrected chi connectivity index (χ3v) is 6.24. The molecule has 0 bridgehead atoms. The average Bonchev–Trinajstić information content (AvgIpc) is 3.14. The number of hydrogen-bond donors (Lipinski definition) is 0. The third kappa shape index (κ3) is 5.84. The molecule has 172 valence electrons. The summed E-state index contributed by atoms with van der Waals surface area (Å²) in [7, 11) is 0. The summed E-state index contributed by atoms with van der Waals surface area (Å²) in [5.74, 6) is 4.12. The van der Waals surface area contributed by atoms with Gasteiger partial charge in [0.2, 0.25) is 6.54 Å². The molecule has 0 aliphatic carbocycles. The van der Waals surface area contributed by atoms with Crippen LogP contribution in [0.1, 0.15) is 34.7 Å². The SMILES string of the molecule is C#CCOc1ccc([C@@H](C[N+](=O)[O-])Sc2nnc(C)n2-c2ccc(C)c(C)c2)cc1OCC. The quantitative estimate of drug-likeness (QED) is 0.185. The van der Waals surface area contributed by atoms with Gasteiger partial charge in [-0.05, 0) is 68.7 Å². The number of ether oxygens (including phenoxy) is 2. The van der Waals surface area contributed by atoms with Crippen LogP contribution in [-0.2, 0) is 0 Å². The fraction of sp³-hybridized carbons (Fsp3) is 0.333. The number of nitro groups is 1. The highest BCUT2D eigenvalue weighted by molar-refractivity contribution is 7.99. The minimum absolute atomic E-state index is 0.102. The Kier molecular flexibility index (Phi) is 7.96. The normalized spacial score (nSPS) is 11.6. The van der Waals surface area contributed by atoms with E-state index in [1.807, 2.05) is 44.4 Å². The van der Waals surface area contributed by atoms with Crippen molar-refractivity contribution in [2.75, 3.05) is 19.8 Å². The highest BCUT2D eigenvalue weighted by Crippen LogP contribution is 2.39. The molecule has 8 nitrogen and oxygen atoms in total. The van der Waals surface area contributed by atoms with Gasteiger partial charge < -0.3 is 9.47 Å². The summed E-state index contributed by atoms with van der Waals surface area (Å²) < 4.78 is 13.2. The van der Waals surface area contributed by atoms with E-state index < -0.39 is 5.25 Å². The van der Waals surface area contributed by atoms with E-state index in [1.54, 1.807) is 18.2 Å². The van der Waals surface area contributed by atoms with E-state index in [9.17, 15) is 10.1 Å². The van der Waals surface area contributed by atoms with E-state index in [1.165, 1.54) is 17.3 Å². The van der Waals surface area contributed by atoms with Gasteiger partial charge in [-0.2, -0.15) is 0 Å². The van der Waals surface area contributed by atoms with Gasteiger partial charge >= 0.3 is 0 Å². The van der Waals surface area contributed by atoms with Crippen LogP contribution in [0.4, 0.5) is 0 Å². The van der Waals surface area contributed by atoms with Crippen LogP contribution in [0.25, 0.3) is 5.69 Å². The third-order valence-electron chi connectivity index (χ3n) is 5.06. The highest BCUT2D eigenvalue weighted by Gasteiger charge is 2.25. The Morgan fingerprint density at radius 1 is 1.12 bits per heavy atom. The van der Waals surface area contributed by atoms with E-state index in [4.69, 9.17) is 15.9 Å². The number of terminal acetylenes is 1. The van der Waals surface area contributed by atoms with Gasteiger partial charge in [-0.1, -0.05) is 29.8 Å². The van der Waals surface area contributed by atoms with Crippen LogP contribution in [0, 0.1) is 43.2 Å². The van der Waals surface area contributed by atoms with Crippen molar-refractivity contribution >= 4 is 11.8 Å². The largest absolute Gasteiger partial charge is 0.490 e. The molecule has 2 aromatic carbocycles. The molecule has 0 spiro atoms. The van der Waals surface area contributed by atoms with E-state index in [2.05, 4.69) is 22.2 Å². The molecule has 0 aliphatic rings. The predicted octanol–water partition coefficient (Wildman–Crippen LogP) is 4.71. The van der Waals surface area contributed by atoms with Crippen molar-refractivity contribution in [1.82, 2.24) is 14.8 Å². The summed E-state index contributed by atoms with van der Waals surface area (Å²) in [5.41, 5.74) is 3.96. The number of nitrogens with zero attached hydrogens (tertiary/aromatic N) is 4. The Bertz CT molecular complexity index is 1190. The molecular weight excluding hydrogens is 440 g/mol. The molecule has 3 rings (SSSR count). The first-order valence-electron chi connectivity index (χ1n) is 10.4. The molecule has 0 saturated heterocycles. The average molecular weight is 467 g/mol. The Morgan fingerprint density at radius 3 is 2.58 bits per heavy atom. The maximum absolute atomic E-state index is 11.5.